The Labute approximate surface area is 269 Å². The van der Waals surface area contributed by atoms with Gasteiger partial charge in [0, 0.05) is 62.0 Å². The largest absolute Gasteiger partial charge is 0.339 e. The van der Waals surface area contributed by atoms with Crippen molar-refractivity contribution in [2.24, 2.45) is 0 Å². The number of thioether (sulfide) groups is 1. The normalized spacial score (nSPS) is 14.9. The van der Waals surface area contributed by atoms with Crippen molar-refractivity contribution < 1.29 is 14.5 Å². The minimum Gasteiger partial charge on any atom is -0.339 e. The van der Waals surface area contributed by atoms with Gasteiger partial charge in [0.15, 0.2) is 5.16 Å². The van der Waals surface area contributed by atoms with E-state index in [1.807, 2.05) is 47.9 Å². The summed E-state index contributed by atoms with van der Waals surface area (Å²) >= 11 is 14.0. The lowest BCUT2D eigenvalue weighted by molar-refractivity contribution is -0.384. The first-order valence-electron chi connectivity index (χ1n) is 14.1. The van der Waals surface area contributed by atoms with Crippen LogP contribution in [0.1, 0.15) is 41.5 Å². The average molecular weight is 654 g/mol. The highest BCUT2D eigenvalue weighted by Gasteiger charge is 2.30. The summed E-state index contributed by atoms with van der Waals surface area (Å²) in [6.07, 6.45) is 1.60. The van der Waals surface area contributed by atoms with E-state index < -0.39 is 4.92 Å². The fourth-order valence-corrected chi connectivity index (χ4v) is 6.29. The quantitative estimate of drug-likeness (QED) is 0.0852. The van der Waals surface area contributed by atoms with E-state index in [-0.39, 0.29) is 23.5 Å². The zero-order valence-electron chi connectivity index (χ0n) is 23.9. The maximum absolute atomic E-state index is 13.1. The molecule has 0 radical (unpaired) electrons. The molecule has 228 valence electrons. The molecule has 1 atom stereocenters. The Morgan fingerprint density at radius 1 is 1.00 bits per heavy atom. The molecular formula is C31H30Cl2N6O4S. The maximum atomic E-state index is 13.1. The van der Waals surface area contributed by atoms with Crippen molar-refractivity contribution in [3.8, 4) is 5.69 Å². The van der Waals surface area contributed by atoms with E-state index in [1.54, 1.807) is 21.9 Å². The fourth-order valence-electron chi connectivity index (χ4n) is 5.09. The van der Waals surface area contributed by atoms with E-state index >= 15 is 0 Å². The molecule has 2 amide bonds. The predicted molar refractivity (Wildman–Crippen MR) is 171 cm³/mol. The fraction of sp³-hybridized carbons (Fsp3) is 0.290. The Morgan fingerprint density at radius 3 is 2.43 bits per heavy atom. The molecule has 0 N–H and O–H groups in total. The number of rotatable bonds is 10. The molecule has 1 saturated heterocycles. The number of piperazine rings is 1. The first-order valence-corrected chi connectivity index (χ1v) is 15.8. The van der Waals surface area contributed by atoms with Gasteiger partial charge < -0.3 is 9.80 Å². The molecule has 3 aromatic carbocycles. The Bertz CT molecular complexity index is 1650. The first kappa shape index (κ1) is 31.5. The van der Waals surface area contributed by atoms with Crippen LogP contribution in [0, 0.1) is 10.1 Å². The summed E-state index contributed by atoms with van der Waals surface area (Å²) in [6.45, 7) is 3.17. The molecule has 1 fully saturated rings. The number of nitro groups is 1. The first-order chi connectivity index (χ1) is 21.2. The summed E-state index contributed by atoms with van der Waals surface area (Å²) in [6, 6.07) is 20.9. The van der Waals surface area contributed by atoms with Gasteiger partial charge in [-0.2, -0.15) is 0 Å². The third-order valence-corrected chi connectivity index (χ3v) is 9.15. The van der Waals surface area contributed by atoms with Crippen molar-refractivity contribution in [3.05, 3.63) is 110 Å². The number of hydrogen-bond acceptors (Lipinski definition) is 7. The molecule has 4 aromatic rings. The second kappa shape index (κ2) is 14.2. The van der Waals surface area contributed by atoms with Gasteiger partial charge in [-0.3, -0.25) is 24.3 Å². The van der Waals surface area contributed by atoms with E-state index in [9.17, 15) is 19.7 Å². The lowest BCUT2D eigenvalue weighted by Crippen LogP contribution is -2.55. The average Bonchev–Trinajstić information content (AvgIpc) is 3.42. The van der Waals surface area contributed by atoms with Crippen LogP contribution in [0.2, 0.25) is 10.0 Å². The van der Waals surface area contributed by atoms with Crippen LogP contribution < -0.4 is 0 Å². The predicted octanol–water partition coefficient (Wildman–Crippen LogP) is 6.32. The van der Waals surface area contributed by atoms with Crippen LogP contribution in [-0.2, 0) is 11.2 Å². The van der Waals surface area contributed by atoms with Crippen LogP contribution in [0.25, 0.3) is 5.69 Å². The number of amides is 2. The molecule has 0 aliphatic carbocycles. The second-order valence-corrected chi connectivity index (χ2v) is 12.3. The Morgan fingerprint density at radius 2 is 1.75 bits per heavy atom. The molecule has 1 aliphatic rings. The van der Waals surface area contributed by atoms with E-state index in [2.05, 4.69) is 10.2 Å². The number of carbonyl (C=O) groups excluding carboxylic acids is 2. The van der Waals surface area contributed by atoms with Gasteiger partial charge in [-0.25, -0.2) is 0 Å². The van der Waals surface area contributed by atoms with Crippen LogP contribution in [0.15, 0.2) is 78.0 Å². The summed E-state index contributed by atoms with van der Waals surface area (Å²) < 4.78 is 1.98. The number of carbonyl (C=O) groups is 2. The van der Waals surface area contributed by atoms with Gasteiger partial charge in [-0.15, -0.1) is 10.2 Å². The number of benzene rings is 3. The van der Waals surface area contributed by atoms with Crippen LogP contribution in [0.3, 0.4) is 0 Å². The van der Waals surface area contributed by atoms with Crippen molar-refractivity contribution in [1.29, 1.82) is 0 Å². The molecule has 44 heavy (non-hydrogen) atoms. The topological polar surface area (TPSA) is 114 Å². The zero-order chi connectivity index (χ0) is 31.2. The highest BCUT2D eigenvalue weighted by atomic mass is 35.5. The van der Waals surface area contributed by atoms with Crippen LogP contribution in [-0.4, -0.2) is 72.7 Å². The van der Waals surface area contributed by atoms with Crippen molar-refractivity contribution in [1.82, 2.24) is 24.6 Å². The summed E-state index contributed by atoms with van der Waals surface area (Å²) in [4.78, 5) is 40.0. The molecule has 5 rings (SSSR count). The molecule has 0 saturated carbocycles. The molecular weight excluding hydrogens is 623 g/mol. The molecule has 0 spiro atoms. The third-order valence-electron chi connectivity index (χ3n) is 7.40. The lowest BCUT2D eigenvalue weighted by atomic mass is 10.1. The van der Waals surface area contributed by atoms with E-state index in [0.717, 1.165) is 17.1 Å². The molecule has 13 heteroatoms. The number of hydrogen-bond donors (Lipinski definition) is 0. The number of nitrogens with zero attached hydrogens (tertiary/aromatic N) is 6. The minimum absolute atomic E-state index is 0.0376. The molecule has 0 bridgehead atoms. The standard InChI is InChI=1S/C31H30Cl2N6O4S/c1-21-20-36(15-16-37(21)30(41)23-9-11-24(12-10-23)39(42)43)29(40)8-5-17-44-31-35-34-28(18-22-6-3-2-4-7-22)38(31)25-13-14-26(32)27(33)19-25/h2-4,6-7,9-14,19,21H,5,8,15-18,20H2,1H3. The number of halogens is 2. The Balaban J connectivity index is 1.17. The van der Waals surface area contributed by atoms with E-state index in [0.29, 0.717) is 65.4 Å². The monoisotopic (exact) mass is 652 g/mol. The summed E-state index contributed by atoms with van der Waals surface area (Å²) in [5, 5.41) is 21.4. The minimum atomic E-state index is -0.496. The summed E-state index contributed by atoms with van der Waals surface area (Å²) in [5.74, 6) is 1.26. The SMILES string of the molecule is CC1CN(C(=O)CCCSc2nnc(Cc3ccccc3)n2-c2ccc(Cl)c(Cl)c2)CCN1C(=O)c1ccc([N+](=O)[O-])cc1. The smallest absolute Gasteiger partial charge is 0.269 e. The van der Waals surface area contributed by atoms with Crippen molar-refractivity contribution in [3.63, 3.8) is 0 Å². The number of aromatic nitrogens is 3. The number of nitro benzene ring substituents is 1. The number of non-ortho nitro benzene ring substituents is 1. The molecule has 1 aromatic heterocycles. The molecule has 2 heterocycles. The highest BCUT2D eigenvalue weighted by Crippen LogP contribution is 2.29. The van der Waals surface area contributed by atoms with Crippen LogP contribution >= 0.6 is 35.0 Å². The van der Waals surface area contributed by atoms with Gasteiger partial charge in [0.2, 0.25) is 5.91 Å². The van der Waals surface area contributed by atoms with Crippen molar-refractivity contribution >= 4 is 52.5 Å². The van der Waals surface area contributed by atoms with Gasteiger partial charge in [-0.1, -0.05) is 65.3 Å². The van der Waals surface area contributed by atoms with Gasteiger partial charge in [0.05, 0.1) is 20.7 Å². The zero-order valence-corrected chi connectivity index (χ0v) is 26.3. The third kappa shape index (κ3) is 7.40. The summed E-state index contributed by atoms with van der Waals surface area (Å²) in [7, 11) is 0. The van der Waals surface area contributed by atoms with Crippen LogP contribution in [0.5, 0.6) is 0 Å². The van der Waals surface area contributed by atoms with Gasteiger partial charge in [0.25, 0.3) is 11.6 Å². The summed E-state index contributed by atoms with van der Waals surface area (Å²) in [5.41, 5.74) is 2.24. The van der Waals surface area contributed by atoms with Crippen molar-refractivity contribution in [2.75, 3.05) is 25.4 Å². The van der Waals surface area contributed by atoms with Crippen molar-refractivity contribution in [2.45, 2.75) is 37.4 Å². The molecule has 1 unspecified atom stereocenters. The Hall–Kier alpha value is -3.93. The maximum Gasteiger partial charge on any atom is 0.269 e. The molecule has 10 nitrogen and oxygen atoms in total. The van der Waals surface area contributed by atoms with E-state index in [1.165, 1.54) is 36.0 Å². The van der Waals surface area contributed by atoms with Gasteiger partial charge in [-0.05, 0) is 49.2 Å². The highest BCUT2D eigenvalue weighted by molar-refractivity contribution is 7.99. The van der Waals surface area contributed by atoms with Crippen LogP contribution in [0.4, 0.5) is 5.69 Å². The lowest BCUT2D eigenvalue weighted by Gasteiger charge is -2.40. The Kier molecular flexibility index (Phi) is 10.2. The van der Waals surface area contributed by atoms with Gasteiger partial charge in [0.1, 0.15) is 5.82 Å². The van der Waals surface area contributed by atoms with Gasteiger partial charge >= 0.3 is 0 Å². The molecule has 1 aliphatic heterocycles. The second-order valence-electron chi connectivity index (χ2n) is 10.4. The van der Waals surface area contributed by atoms with E-state index in [4.69, 9.17) is 23.2 Å².